The highest BCUT2D eigenvalue weighted by atomic mass is 127. The van der Waals surface area contributed by atoms with Gasteiger partial charge in [0.05, 0.1) is 11.9 Å². The van der Waals surface area contributed by atoms with Gasteiger partial charge >= 0.3 is 0 Å². The maximum Gasteiger partial charge on any atom is 0.191 e. The highest BCUT2D eigenvalue weighted by molar-refractivity contribution is 14.0. The average molecular weight is 487 g/mol. The van der Waals surface area contributed by atoms with Gasteiger partial charge in [-0.2, -0.15) is 0 Å². The van der Waals surface area contributed by atoms with Crippen molar-refractivity contribution in [2.24, 2.45) is 10.4 Å². The molecular weight excluding hydrogens is 453 g/mol. The van der Waals surface area contributed by atoms with Crippen LogP contribution in [0.5, 0.6) is 0 Å². The SMILES string of the molecule is CCN=C(NC(C)CCS(C)(=O)=O)NC1CC(OCC)C12CCC2.I. The largest absolute Gasteiger partial charge is 0.378 e. The molecule has 0 aromatic rings. The zero-order valence-electron chi connectivity index (χ0n) is 15.9. The number of nitrogens with zero attached hydrogens (tertiary/aromatic N) is 1. The Kier molecular flexibility index (Phi) is 8.93. The lowest BCUT2D eigenvalue weighted by Gasteiger charge is -2.61. The number of rotatable bonds is 8. The summed E-state index contributed by atoms with van der Waals surface area (Å²) in [6, 6.07) is 0.473. The van der Waals surface area contributed by atoms with E-state index >= 15 is 0 Å². The number of hydrogen-bond donors (Lipinski definition) is 2. The molecule has 0 bridgehead atoms. The Hall–Kier alpha value is -0.0900. The van der Waals surface area contributed by atoms with Gasteiger partial charge in [0.2, 0.25) is 0 Å². The minimum Gasteiger partial charge on any atom is -0.378 e. The van der Waals surface area contributed by atoms with Gasteiger partial charge in [-0.3, -0.25) is 4.99 Å². The number of sulfone groups is 1. The van der Waals surface area contributed by atoms with Gasteiger partial charge in [-0.05, 0) is 46.5 Å². The zero-order chi connectivity index (χ0) is 17.8. The van der Waals surface area contributed by atoms with E-state index < -0.39 is 9.84 Å². The van der Waals surface area contributed by atoms with Crippen molar-refractivity contribution in [1.82, 2.24) is 10.6 Å². The summed E-state index contributed by atoms with van der Waals surface area (Å²) in [6.45, 7) is 7.54. The van der Waals surface area contributed by atoms with Gasteiger partial charge in [0, 0.05) is 36.9 Å². The van der Waals surface area contributed by atoms with E-state index in [0.29, 0.717) is 25.1 Å². The second-order valence-electron chi connectivity index (χ2n) is 7.25. The Morgan fingerprint density at radius 3 is 2.52 bits per heavy atom. The molecule has 0 aromatic carbocycles. The number of guanidine groups is 1. The molecule has 25 heavy (non-hydrogen) atoms. The zero-order valence-corrected chi connectivity index (χ0v) is 19.0. The molecule has 8 heteroatoms. The van der Waals surface area contributed by atoms with Gasteiger partial charge < -0.3 is 15.4 Å². The molecule has 148 valence electrons. The Balaban J connectivity index is 0.00000312. The van der Waals surface area contributed by atoms with E-state index in [1.54, 1.807) is 0 Å². The molecule has 3 atom stereocenters. The minimum absolute atomic E-state index is 0. The molecule has 2 aliphatic carbocycles. The first-order valence-electron chi connectivity index (χ1n) is 9.17. The fourth-order valence-corrected chi connectivity index (χ4v) is 4.57. The van der Waals surface area contributed by atoms with E-state index in [9.17, 15) is 8.42 Å². The van der Waals surface area contributed by atoms with Crippen molar-refractivity contribution in [3.8, 4) is 0 Å². The van der Waals surface area contributed by atoms with Crippen LogP contribution in [-0.2, 0) is 14.6 Å². The lowest BCUT2D eigenvalue weighted by atomic mass is 9.51. The number of hydrogen-bond acceptors (Lipinski definition) is 4. The normalized spacial score (nSPS) is 26.2. The summed E-state index contributed by atoms with van der Waals surface area (Å²) in [6.07, 6.45) is 6.98. The fourth-order valence-electron chi connectivity index (χ4n) is 3.79. The monoisotopic (exact) mass is 487 g/mol. The predicted octanol–water partition coefficient (Wildman–Crippen LogP) is 2.33. The number of halogens is 1. The van der Waals surface area contributed by atoms with E-state index in [1.807, 2.05) is 13.8 Å². The summed E-state index contributed by atoms with van der Waals surface area (Å²) in [5.74, 6) is 0.991. The van der Waals surface area contributed by atoms with Gasteiger partial charge in [0.25, 0.3) is 0 Å². The Bertz CT molecular complexity index is 549. The topological polar surface area (TPSA) is 79.8 Å². The van der Waals surface area contributed by atoms with Crippen LogP contribution in [0.3, 0.4) is 0 Å². The average Bonchev–Trinajstić information content (AvgIpc) is 2.41. The van der Waals surface area contributed by atoms with Crippen molar-refractivity contribution >= 4 is 39.8 Å². The number of aliphatic imine (C=N–C) groups is 1. The quantitative estimate of drug-likeness (QED) is 0.312. The summed E-state index contributed by atoms with van der Waals surface area (Å²) < 4.78 is 28.5. The van der Waals surface area contributed by atoms with Crippen LogP contribution in [0.25, 0.3) is 0 Å². The molecule has 6 nitrogen and oxygen atoms in total. The third-order valence-corrected chi connectivity index (χ3v) is 6.35. The summed E-state index contributed by atoms with van der Waals surface area (Å²) in [5, 5.41) is 6.93. The number of nitrogens with one attached hydrogen (secondary N) is 2. The Labute approximate surface area is 169 Å². The van der Waals surface area contributed by atoms with Gasteiger partial charge in [0.15, 0.2) is 5.96 Å². The molecule has 2 fully saturated rings. The minimum atomic E-state index is -2.93. The first-order valence-corrected chi connectivity index (χ1v) is 11.2. The summed E-state index contributed by atoms with van der Waals surface area (Å²) in [5.41, 5.74) is 0.280. The third-order valence-electron chi connectivity index (χ3n) is 5.37. The first kappa shape index (κ1) is 23.0. The first-order chi connectivity index (χ1) is 11.3. The van der Waals surface area contributed by atoms with Crippen LogP contribution in [0, 0.1) is 5.41 Å². The van der Waals surface area contributed by atoms with E-state index in [-0.39, 0.29) is 41.2 Å². The van der Waals surface area contributed by atoms with Crippen LogP contribution < -0.4 is 10.6 Å². The molecule has 3 unspecified atom stereocenters. The van der Waals surface area contributed by atoms with Gasteiger partial charge in [-0.1, -0.05) is 6.42 Å². The van der Waals surface area contributed by atoms with Crippen molar-refractivity contribution in [2.75, 3.05) is 25.2 Å². The van der Waals surface area contributed by atoms with E-state index in [4.69, 9.17) is 4.74 Å². The third kappa shape index (κ3) is 5.95. The van der Waals surface area contributed by atoms with Crippen LogP contribution >= 0.6 is 24.0 Å². The molecule has 1 spiro atoms. The fraction of sp³-hybridized carbons (Fsp3) is 0.941. The highest BCUT2D eigenvalue weighted by Gasteiger charge is 2.59. The summed E-state index contributed by atoms with van der Waals surface area (Å²) in [7, 11) is -2.93. The second-order valence-corrected chi connectivity index (χ2v) is 9.51. The lowest BCUT2D eigenvalue weighted by molar-refractivity contribution is -0.168. The number of ether oxygens (including phenoxy) is 1. The van der Waals surface area contributed by atoms with E-state index in [1.165, 1.54) is 25.5 Å². The molecule has 2 saturated carbocycles. The molecule has 0 amide bonds. The van der Waals surface area contributed by atoms with Gasteiger partial charge in [-0.25, -0.2) is 8.42 Å². The molecular formula is C17H34IN3O3S. The predicted molar refractivity (Wildman–Crippen MR) is 114 cm³/mol. The van der Waals surface area contributed by atoms with Gasteiger partial charge in [0.1, 0.15) is 9.84 Å². The van der Waals surface area contributed by atoms with Crippen LogP contribution in [-0.4, -0.2) is 57.7 Å². The molecule has 0 radical (unpaired) electrons. The molecule has 0 aromatic heterocycles. The molecule has 0 heterocycles. The molecule has 0 saturated heterocycles. The molecule has 2 N–H and O–H groups in total. The lowest BCUT2D eigenvalue weighted by Crippen LogP contribution is -2.69. The van der Waals surface area contributed by atoms with Crippen molar-refractivity contribution in [1.29, 1.82) is 0 Å². The second kappa shape index (κ2) is 9.73. The Morgan fingerprint density at radius 2 is 2.04 bits per heavy atom. The van der Waals surface area contributed by atoms with Crippen LogP contribution in [0.1, 0.15) is 52.9 Å². The van der Waals surface area contributed by atoms with Crippen LogP contribution in [0.4, 0.5) is 0 Å². The van der Waals surface area contributed by atoms with Crippen molar-refractivity contribution < 1.29 is 13.2 Å². The molecule has 2 rings (SSSR count). The highest BCUT2D eigenvalue weighted by Crippen LogP contribution is 2.57. The van der Waals surface area contributed by atoms with Crippen LogP contribution in [0.15, 0.2) is 4.99 Å². The molecule has 0 aliphatic heterocycles. The van der Waals surface area contributed by atoms with Crippen molar-refractivity contribution in [3.63, 3.8) is 0 Å². The molecule has 2 aliphatic rings. The van der Waals surface area contributed by atoms with Crippen molar-refractivity contribution in [3.05, 3.63) is 0 Å². The maximum atomic E-state index is 11.3. The standard InChI is InChI=1S/C17H33N3O3S.HI/c1-5-18-16(19-13(3)8-11-24(4,21)22)20-14-12-15(23-6-2)17(14)9-7-10-17;/h13-15H,5-12H2,1-4H3,(H2,18,19,20);1H. The maximum absolute atomic E-state index is 11.3. The van der Waals surface area contributed by atoms with E-state index in [0.717, 1.165) is 19.0 Å². The van der Waals surface area contributed by atoms with Gasteiger partial charge in [-0.15, -0.1) is 24.0 Å². The van der Waals surface area contributed by atoms with Crippen molar-refractivity contribution in [2.45, 2.75) is 71.1 Å². The Morgan fingerprint density at radius 1 is 1.36 bits per heavy atom. The van der Waals surface area contributed by atoms with E-state index in [2.05, 4.69) is 22.5 Å². The summed E-state index contributed by atoms with van der Waals surface area (Å²) in [4.78, 5) is 4.53. The van der Waals surface area contributed by atoms with Crippen LogP contribution in [0.2, 0.25) is 0 Å². The summed E-state index contributed by atoms with van der Waals surface area (Å²) >= 11 is 0. The smallest absolute Gasteiger partial charge is 0.191 e.